The minimum atomic E-state index is -0.324. The van der Waals surface area contributed by atoms with Gasteiger partial charge >= 0.3 is 0 Å². The summed E-state index contributed by atoms with van der Waals surface area (Å²) in [4.78, 5) is 20.3. The molecule has 0 radical (unpaired) electrons. The number of nitrogens with zero attached hydrogens (tertiary/aromatic N) is 5. The van der Waals surface area contributed by atoms with E-state index in [1.54, 1.807) is 25.5 Å². The topological polar surface area (TPSA) is 104 Å². The summed E-state index contributed by atoms with van der Waals surface area (Å²) in [5.74, 6) is 0.115. The fourth-order valence-corrected chi connectivity index (χ4v) is 2.06. The van der Waals surface area contributed by atoms with Gasteiger partial charge in [0.2, 0.25) is 11.9 Å². The lowest BCUT2D eigenvalue weighted by molar-refractivity contribution is -0.111. The third-order valence-electron chi connectivity index (χ3n) is 3.52. The lowest BCUT2D eigenvalue weighted by atomic mass is 10.1. The van der Waals surface area contributed by atoms with E-state index >= 15 is 0 Å². The fourth-order valence-electron chi connectivity index (χ4n) is 2.06. The first kappa shape index (κ1) is 18.9. The molecule has 1 aromatic carbocycles. The molecule has 0 unspecified atom stereocenters. The number of hydrogen-bond donors (Lipinski definition) is 2. The van der Waals surface area contributed by atoms with Gasteiger partial charge in [-0.1, -0.05) is 19.6 Å². The van der Waals surface area contributed by atoms with Crippen LogP contribution in [0.4, 0.5) is 17.3 Å². The van der Waals surface area contributed by atoms with E-state index < -0.39 is 0 Å². The van der Waals surface area contributed by atoms with Crippen molar-refractivity contribution < 1.29 is 4.79 Å². The van der Waals surface area contributed by atoms with Gasteiger partial charge in [-0.05, 0) is 47.9 Å². The molecule has 0 aliphatic heterocycles. The minimum absolute atomic E-state index is 0.324. The molecule has 0 aliphatic rings. The molecule has 0 aliphatic carbocycles. The molecular weight excluding hydrogens is 330 g/mol. The average molecular weight is 351 g/mol. The maximum absolute atomic E-state index is 11.8. The third kappa shape index (κ3) is 5.04. The van der Waals surface area contributed by atoms with Crippen molar-refractivity contribution in [1.29, 1.82) is 0 Å². The van der Waals surface area contributed by atoms with E-state index in [9.17, 15) is 4.79 Å². The highest BCUT2D eigenvalue weighted by Gasteiger charge is 2.10. The fraction of sp³-hybridized carbons (Fsp3) is 0.222. The molecule has 1 heterocycles. The Labute approximate surface area is 152 Å². The van der Waals surface area contributed by atoms with Crippen LogP contribution >= 0.6 is 0 Å². The van der Waals surface area contributed by atoms with Crippen molar-refractivity contribution in [1.82, 2.24) is 9.97 Å². The molecule has 0 saturated heterocycles. The summed E-state index contributed by atoms with van der Waals surface area (Å²) in [5, 5.41) is 17.1. The number of nitrogens with one attached hydrogen (secondary N) is 2. The maximum Gasteiger partial charge on any atom is 0.247 e. The van der Waals surface area contributed by atoms with Gasteiger partial charge in [-0.25, -0.2) is 9.97 Å². The van der Waals surface area contributed by atoms with Crippen molar-refractivity contribution in [3.8, 4) is 0 Å². The standard InChI is InChI=1S/C18H21N7O/c1-5-13-10-20-18(21-11-13)23-15-8-7-14(12(3)24-25-19-4)9-16(15)22-17(26)6-2/h6-11H,2,5H2,1,3-4H3,(H,22,26)(H,20,21,23)/b24-12+,25-19?. The van der Waals surface area contributed by atoms with Crippen LogP contribution in [0.3, 0.4) is 0 Å². The second-order valence-electron chi connectivity index (χ2n) is 5.32. The first-order valence-electron chi connectivity index (χ1n) is 8.06. The molecule has 0 bridgehead atoms. The van der Waals surface area contributed by atoms with E-state index in [1.165, 1.54) is 6.08 Å². The Hall–Kier alpha value is -3.42. The number of aryl methyl sites for hydroxylation is 1. The summed E-state index contributed by atoms with van der Waals surface area (Å²) in [5.41, 5.74) is 3.71. The zero-order valence-electron chi connectivity index (χ0n) is 15.0. The predicted molar refractivity (Wildman–Crippen MR) is 103 cm³/mol. The smallest absolute Gasteiger partial charge is 0.247 e. The second-order valence-corrected chi connectivity index (χ2v) is 5.32. The van der Waals surface area contributed by atoms with Crippen molar-refractivity contribution >= 4 is 28.9 Å². The van der Waals surface area contributed by atoms with Crippen molar-refractivity contribution in [3.05, 3.63) is 54.4 Å². The van der Waals surface area contributed by atoms with Gasteiger partial charge in [0.25, 0.3) is 0 Å². The molecule has 1 aromatic heterocycles. The highest BCUT2D eigenvalue weighted by Crippen LogP contribution is 2.26. The van der Waals surface area contributed by atoms with Gasteiger partial charge in [0.15, 0.2) is 0 Å². The molecule has 2 aromatic rings. The third-order valence-corrected chi connectivity index (χ3v) is 3.52. The molecule has 1 amide bonds. The molecule has 2 N–H and O–H groups in total. The molecule has 134 valence electrons. The maximum atomic E-state index is 11.8. The number of benzene rings is 1. The molecule has 0 atom stereocenters. The van der Waals surface area contributed by atoms with Crippen LogP contribution < -0.4 is 10.6 Å². The Morgan fingerprint density at radius 1 is 1.27 bits per heavy atom. The summed E-state index contributed by atoms with van der Waals surface area (Å²) >= 11 is 0. The highest BCUT2D eigenvalue weighted by molar-refractivity contribution is 6.04. The molecular formula is C18H21N7O. The molecule has 0 spiro atoms. The second kappa shape index (κ2) is 9.16. The van der Waals surface area contributed by atoms with Crippen molar-refractivity contribution in [2.45, 2.75) is 20.3 Å². The number of carbonyl (C=O) groups excluding carboxylic acids is 1. The van der Waals surface area contributed by atoms with E-state index in [4.69, 9.17) is 0 Å². The van der Waals surface area contributed by atoms with Gasteiger partial charge in [0, 0.05) is 12.4 Å². The zero-order valence-corrected chi connectivity index (χ0v) is 15.0. The van der Waals surface area contributed by atoms with Crippen LogP contribution in [0.25, 0.3) is 0 Å². The highest BCUT2D eigenvalue weighted by atomic mass is 16.1. The number of amides is 1. The summed E-state index contributed by atoms with van der Waals surface area (Å²) in [6, 6.07) is 5.46. The largest absolute Gasteiger partial charge is 0.322 e. The van der Waals surface area contributed by atoms with Crippen LogP contribution in [0.1, 0.15) is 25.0 Å². The van der Waals surface area contributed by atoms with Crippen LogP contribution in [-0.4, -0.2) is 28.6 Å². The lowest BCUT2D eigenvalue weighted by Crippen LogP contribution is -2.11. The van der Waals surface area contributed by atoms with Crippen LogP contribution in [0.15, 0.2) is 58.7 Å². The van der Waals surface area contributed by atoms with Gasteiger partial charge in [0.05, 0.1) is 24.1 Å². The van der Waals surface area contributed by atoms with Crippen LogP contribution in [0, 0.1) is 0 Å². The lowest BCUT2D eigenvalue weighted by Gasteiger charge is -2.13. The Bertz CT molecular complexity index is 841. The van der Waals surface area contributed by atoms with Gasteiger partial charge < -0.3 is 10.6 Å². The van der Waals surface area contributed by atoms with Crippen LogP contribution in [-0.2, 0) is 11.2 Å². The monoisotopic (exact) mass is 351 g/mol. The number of hydrogen-bond acceptors (Lipinski definition) is 6. The van der Waals surface area contributed by atoms with E-state index in [0.717, 1.165) is 17.5 Å². The Balaban J connectivity index is 2.36. The normalized spacial score (nSPS) is 11.4. The number of anilines is 3. The van der Waals surface area contributed by atoms with Crippen molar-refractivity contribution in [3.63, 3.8) is 0 Å². The van der Waals surface area contributed by atoms with Crippen molar-refractivity contribution in [2.24, 2.45) is 15.4 Å². The molecule has 26 heavy (non-hydrogen) atoms. The zero-order chi connectivity index (χ0) is 18.9. The van der Waals surface area contributed by atoms with E-state index in [0.29, 0.717) is 23.0 Å². The van der Waals surface area contributed by atoms with E-state index in [-0.39, 0.29) is 5.91 Å². The summed E-state index contributed by atoms with van der Waals surface area (Å²) in [6.45, 7) is 7.32. The average Bonchev–Trinajstić information content (AvgIpc) is 2.67. The summed E-state index contributed by atoms with van der Waals surface area (Å²) in [7, 11) is 1.54. The van der Waals surface area contributed by atoms with E-state index in [1.807, 2.05) is 26.0 Å². The number of rotatable bonds is 7. The summed E-state index contributed by atoms with van der Waals surface area (Å²) < 4.78 is 0. The van der Waals surface area contributed by atoms with Gasteiger partial charge in [-0.3, -0.25) is 4.79 Å². The first-order chi connectivity index (χ1) is 12.6. The SMILES string of the molecule is C=CC(=O)Nc1cc(/C(C)=N/N=NC)ccc1Nc1ncc(CC)cn1. The molecule has 2 rings (SSSR count). The first-order valence-corrected chi connectivity index (χ1v) is 8.06. The number of aromatic nitrogens is 2. The van der Waals surface area contributed by atoms with Crippen LogP contribution in [0.5, 0.6) is 0 Å². The Morgan fingerprint density at radius 3 is 2.62 bits per heavy atom. The molecule has 0 fully saturated rings. The minimum Gasteiger partial charge on any atom is -0.322 e. The molecule has 8 nitrogen and oxygen atoms in total. The van der Waals surface area contributed by atoms with Crippen molar-refractivity contribution in [2.75, 3.05) is 17.7 Å². The Kier molecular flexibility index (Phi) is 6.67. The van der Waals surface area contributed by atoms with Gasteiger partial charge in [-0.15, -0.1) is 5.10 Å². The number of carbonyl (C=O) groups is 1. The Morgan fingerprint density at radius 2 is 2.00 bits per heavy atom. The quantitative estimate of drug-likeness (QED) is 0.343. The van der Waals surface area contributed by atoms with Gasteiger partial charge in [0.1, 0.15) is 0 Å². The summed E-state index contributed by atoms with van der Waals surface area (Å²) in [6.07, 6.45) is 5.59. The predicted octanol–water partition coefficient (Wildman–Crippen LogP) is 3.71. The molecule has 8 heteroatoms. The molecule has 0 saturated carbocycles. The van der Waals surface area contributed by atoms with Crippen LogP contribution in [0.2, 0.25) is 0 Å². The van der Waals surface area contributed by atoms with Gasteiger partial charge in [-0.2, -0.15) is 5.11 Å². The van der Waals surface area contributed by atoms with E-state index in [2.05, 4.69) is 42.6 Å².